The van der Waals surface area contributed by atoms with Crippen LogP contribution in [0.2, 0.25) is 0 Å². The average Bonchev–Trinajstić information content (AvgIpc) is 4.18. The second-order valence-corrected chi connectivity index (χ2v) is 17.7. The van der Waals surface area contributed by atoms with Gasteiger partial charge in [0.2, 0.25) is 0 Å². The lowest BCUT2D eigenvalue weighted by Gasteiger charge is -2.24. The highest BCUT2D eigenvalue weighted by atomic mass is 32.1. The highest BCUT2D eigenvalue weighted by Gasteiger charge is 2.41. The van der Waals surface area contributed by atoms with E-state index >= 15 is 8.78 Å². The van der Waals surface area contributed by atoms with Crippen LogP contribution in [-0.2, 0) is 18.9 Å². The number of aldehydes is 2. The molecule has 0 bridgehead atoms. The Morgan fingerprint density at radius 2 is 1.02 bits per heavy atom. The Hall–Kier alpha value is -6.01. The van der Waals surface area contributed by atoms with Gasteiger partial charge in [-0.3, -0.25) is 9.59 Å². The highest BCUT2D eigenvalue weighted by molar-refractivity contribution is 7.09. The van der Waals surface area contributed by atoms with Crippen LogP contribution in [0.5, 0.6) is 0 Å². The van der Waals surface area contributed by atoms with Crippen molar-refractivity contribution in [3.05, 3.63) is 107 Å². The molecule has 6 aromatic rings. The minimum atomic E-state index is -1.11. The molecule has 4 atom stereocenters. The highest BCUT2D eigenvalue weighted by Crippen LogP contribution is 2.41. The molecule has 0 spiro atoms. The van der Waals surface area contributed by atoms with Crippen LogP contribution < -0.4 is 9.80 Å². The third-order valence-corrected chi connectivity index (χ3v) is 13.8. The molecule has 4 aromatic carbocycles. The van der Waals surface area contributed by atoms with Crippen LogP contribution in [-0.4, -0.2) is 89.0 Å². The van der Waals surface area contributed by atoms with Crippen molar-refractivity contribution in [3.8, 4) is 43.9 Å². The van der Waals surface area contributed by atoms with Crippen LogP contribution in [0.25, 0.3) is 43.9 Å². The first kappa shape index (κ1) is 42.0. The average molecular weight is 905 g/mol. The van der Waals surface area contributed by atoms with E-state index in [0.717, 1.165) is 71.7 Å². The Bertz CT molecular complexity index is 2500. The quantitative estimate of drug-likeness (QED) is 0.0849. The summed E-state index contributed by atoms with van der Waals surface area (Å²) in [5.41, 5.74) is 4.56. The van der Waals surface area contributed by atoms with E-state index in [4.69, 9.17) is 18.9 Å². The molecule has 0 radical (unpaired) electrons. The van der Waals surface area contributed by atoms with Gasteiger partial charge in [0.1, 0.15) is 46.1 Å². The van der Waals surface area contributed by atoms with Gasteiger partial charge in [0.05, 0.1) is 13.2 Å². The van der Waals surface area contributed by atoms with Crippen LogP contribution in [0.3, 0.4) is 0 Å². The number of hydrogen-bond acceptors (Lipinski definition) is 15. The fourth-order valence-electron chi connectivity index (χ4n) is 9.02. The summed E-state index contributed by atoms with van der Waals surface area (Å²) in [5, 5.41) is 0.855. The van der Waals surface area contributed by atoms with E-state index in [1.165, 1.54) is 49.9 Å². The Balaban J connectivity index is 0.808. The number of carbonyl (C=O) groups excluding carboxylic acids is 3. The predicted octanol–water partition coefficient (Wildman–Crippen LogP) is 9.67. The maximum absolute atomic E-state index is 16.1. The van der Waals surface area contributed by atoms with E-state index in [9.17, 15) is 14.4 Å². The summed E-state index contributed by atoms with van der Waals surface area (Å²) in [6, 6.07) is 21.6. The standard InChI is InChI=1S/C47H42F2N6O7S2/c48-35-23-29(45-50-43(52-63-45)27-5-9-33(10-6-27)54-15-1-2-16-54)21-31(25-56)39(35)41-37(13-19-59-41)61-47(58)62-38-14-20-60-42(38)40-32(26-57)22-30(24-36(40)49)46-51-44(53-64-46)28-7-11-34(12-8-28)55-17-3-4-18-55/h5-12,21-26,37-38,41-42H,1-4,13-20H2. The van der Waals surface area contributed by atoms with E-state index in [0.29, 0.717) is 45.4 Å². The molecule has 64 heavy (non-hydrogen) atoms. The van der Waals surface area contributed by atoms with E-state index in [-0.39, 0.29) is 48.3 Å². The Kier molecular flexibility index (Phi) is 12.0. The first-order valence-electron chi connectivity index (χ1n) is 21.4. The van der Waals surface area contributed by atoms with Crippen molar-refractivity contribution in [1.29, 1.82) is 0 Å². The first-order valence-corrected chi connectivity index (χ1v) is 22.9. The number of nitrogens with zero attached hydrogens (tertiary/aromatic N) is 6. The maximum Gasteiger partial charge on any atom is 0.509 e. The molecule has 0 amide bonds. The van der Waals surface area contributed by atoms with Crippen molar-refractivity contribution in [1.82, 2.24) is 18.7 Å². The zero-order valence-corrected chi connectivity index (χ0v) is 36.1. The molecule has 4 aliphatic heterocycles. The Morgan fingerprint density at radius 3 is 1.41 bits per heavy atom. The normalized spacial score (nSPS) is 20.8. The lowest BCUT2D eigenvalue weighted by atomic mass is 9.96. The molecule has 0 aliphatic carbocycles. The van der Waals surface area contributed by atoms with E-state index in [2.05, 4.69) is 28.5 Å². The molecule has 17 heteroatoms. The second kappa shape index (κ2) is 18.2. The fourth-order valence-corrected chi connectivity index (χ4v) is 10.4. The molecule has 10 rings (SSSR count). The molecule has 328 valence electrons. The topological polar surface area (TPSA) is 146 Å². The number of anilines is 2. The van der Waals surface area contributed by atoms with Gasteiger partial charge in [-0.1, -0.05) is 0 Å². The van der Waals surface area contributed by atoms with Gasteiger partial charge in [0, 0.05) is 94.9 Å². The van der Waals surface area contributed by atoms with Gasteiger partial charge >= 0.3 is 6.16 Å². The summed E-state index contributed by atoms with van der Waals surface area (Å²) in [5.74, 6) is -0.489. The van der Waals surface area contributed by atoms with Crippen LogP contribution in [0.1, 0.15) is 82.6 Å². The van der Waals surface area contributed by atoms with Gasteiger partial charge < -0.3 is 28.7 Å². The van der Waals surface area contributed by atoms with E-state index in [1.54, 1.807) is 0 Å². The molecule has 4 saturated heterocycles. The second-order valence-electron chi connectivity index (χ2n) is 16.2. The number of rotatable bonds is 12. The van der Waals surface area contributed by atoms with E-state index in [1.807, 2.05) is 48.5 Å². The number of carbonyl (C=O) groups is 3. The Morgan fingerprint density at radius 1 is 0.609 bits per heavy atom. The van der Waals surface area contributed by atoms with Gasteiger partial charge in [0.15, 0.2) is 24.2 Å². The number of halogens is 2. The number of benzene rings is 4. The summed E-state index contributed by atoms with van der Waals surface area (Å²) in [6.07, 6.45) is 0.805. The minimum absolute atomic E-state index is 0.0106. The molecular formula is C47H42F2N6O7S2. The predicted molar refractivity (Wildman–Crippen MR) is 237 cm³/mol. The summed E-state index contributed by atoms with van der Waals surface area (Å²) < 4.78 is 64.2. The third-order valence-electron chi connectivity index (χ3n) is 12.3. The molecule has 4 fully saturated rings. The SMILES string of the molecule is O=Cc1cc(-c2nc(-c3ccc(N4CCCC4)cc3)ns2)cc(F)c1C1OCCC1OC(=O)OC1CCOC1c1c(F)cc(-c2nc(-c3ccc(N4CCCC4)cc3)ns2)cc1C=O. The largest absolute Gasteiger partial charge is 0.509 e. The minimum Gasteiger partial charge on any atom is -0.428 e. The van der Waals surface area contributed by atoms with Crippen molar-refractivity contribution in [3.63, 3.8) is 0 Å². The van der Waals surface area contributed by atoms with Crippen molar-refractivity contribution >= 4 is 53.2 Å². The number of hydrogen-bond donors (Lipinski definition) is 0. The fraction of sp³-hybridized carbons (Fsp3) is 0.340. The molecule has 0 N–H and O–H groups in total. The molecular weight excluding hydrogens is 863 g/mol. The van der Waals surface area contributed by atoms with Gasteiger partial charge in [-0.25, -0.2) is 23.5 Å². The Labute approximate surface area is 375 Å². The van der Waals surface area contributed by atoms with Gasteiger partial charge in [0.25, 0.3) is 0 Å². The molecule has 13 nitrogen and oxygen atoms in total. The lowest BCUT2D eigenvalue weighted by molar-refractivity contribution is -0.0441. The van der Waals surface area contributed by atoms with Gasteiger partial charge in [-0.2, -0.15) is 8.75 Å². The summed E-state index contributed by atoms with van der Waals surface area (Å²) in [7, 11) is 0. The lowest BCUT2D eigenvalue weighted by Crippen LogP contribution is -2.28. The summed E-state index contributed by atoms with van der Waals surface area (Å²) in [4.78, 5) is 52.2. The van der Waals surface area contributed by atoms with E-state index < -0.39 is 42.2 Å². The third kappa shape index (κ3) is 8.40. The van der Waals surface area contributed by atoms with Crippen molar-refractivity contribution in [2.24, 2.45) is 0 Å². The summed E-state index contributed by atoms with van der Waals surface area (Å²) >= 11 is 2.18. The molecule has 0 saturated carbocycles. The van der Waals surface area contributed by atoms with Crippen LogP contribution in [0.4, 0.5) is 25.0 Å². The molecule has 4 aliphatic rings. The molecule has 4 unspecified atom stereocenters. The van der Waals surface area contributed by atoms with Crippen molar-refractivity contribution in [2.75, 3.05) is 49.2 Å². The zero-order chi connectivity index (χ0) is 43.7. The van der Waals surface area contributed by atoms with Crippen molar-refractivity contribution in [2.45, 2.75) is 62.9 Å². The maximum atomic E-state index is 16.1. The summed E-state index contributed by atoms with van der Waals surface area (Å²) in [6.45, 7) is 4.37. The monoisotopic (exact) mass is 904 g/mol. The molecule has 2 aromatic heterocycles. The van der Waals surface area contributed by atoms with Crippen LogP contribution in [0, 0.1) is 11.6 Å². The molecule has 6 heterocycles. The van der Waals surface area contributed by atoms with Gasteiger partial charge in [-0.15, -0.1) is 0 Å². The zero-order valence-electron chi connectivity index (χ0n) is 34.5. The number of ether oxygens (including phenoxy) is 4. The van der Waals surface area contributed by atoms with Crippen LogP contribution >= 0.6 is 23.1 Å². The van der Waals surface area contributed by atoms with Crippen LogP contribution in [0.15, 0.2) is 72.8 Å². The number of aromatic nitrogens is 4. The van der Waals surface area contributed by atoms with Gasteiger partial charge in [-0.05, 0) is 122 Å². The first-order chi connectivity index (χ1) is 31.3. The smallest absolute Gasteiger partial charge is 0.428 e. The van der Waals surface area contributed by atoms with Crippen molar-refractivity contribution < 1.29 is 42.1 Å².